The SMILES string of the molecule is CC1CCCC(CCNCC(C#N)c2ccccc2)C1. The number of rotatable bonds is 6. The first kappa shape index (κ1) is 15.1. The molecule has 2 heteroatoms. The van der Waals surface area contributed by atoms with Crippen molar-refractivity contribution in [2.24, 2.45) is 11.8 Å². The first-order chi connectivity index (χ1) is 9.79. The van der Waals surface area contributed by atoms with Gasteiger partial charge in [0.05, 0.1) is 12.0 Å². The Kier molecular flexibility index (Phi) is 6.08. The minimum absolute atomic E-state index is 0.0264. The lowest BCUT2D eigenvalue weighted by atomic mass is 9.81. The van der Waals surface area contributed by atoms with Crippen LogP contribution in [0.4, 0.5) is 0 Å². The van der Waals surface area contributed by atoms with E-state index in [-0.39, 0.29) is 5.92 Å². The van der Waals surface area contributed by atoms with Crippen LogP contribution in [0.2, 0.25) is 0 Å². The predicted octanol–water partition coefficient (Wildman–Crippen LogP) is 4.10. The van der Waals surface area contributed by atoms with Crippen molar-refractivity contribution >= 4 is 0 Å². The molecular weight excluding hydrogens is 244 g/mol. The highest BCUT2D eigenvalue weighted by molar-refractivity contribution is 5.24. The van der Waals surface area contributed by atoms with E-state index in [0.29, 0.717) is 0 Å². The maximum absolute atomic E-state index is 9.27. The average Bonchev–Trinajstić information content (AvgIpc) is 2.48. The molecule has 3 atom stereocenters. The van der Waals surface area contributed by atoms with Gasteiger partial charge in [-0.05, 0) is 36.8 Å². The van der Waals surface area contributed by atoms with Crippen LogP contribution in [-0.4, -0.2) is 13.1 Å². The van der Waals surface area contributed by atoms with Gasteiger partial charge in [0.1, 0.15) is 0 Å². The van der Waals surface area contributed by atoms with Crippen molar-refractivity contribution in [3.8, 4) is 6.07 Å². The number of benzene rings is 1. The first-order valence-electron chi connectivity index (χ1n) is 7.95. The fraction of sp³-hybridized carbons (Fsp3) is 0.611. The zero-order chi connectivity index (χ0) is 14.2. The molecule has 1 aromatic carbocycles. The van der Waals surface area contributed by atoms with Gasteiger partial charge >= 0.3 is 0 Å². The second-order valence-corrected chi connectivity index (χ2v) is 6.22. The fourth-order valence-electron chi connectivity index (χ4n) is 3.30. The molecule has 2 nitrogen and oxygen atoms in total. The molecule has 1 fully saturated rings. The molecule has 20 heavy (non-hydrogen) atoms. The molecule has 1 saturated carbocycles. The van der Waals surface area contributed by atoms with Crippen LogP contribution < -0.4 is 5.32 Å². The molecule has 1 aliphatic carbocycles. The summed E-state index contributed by atoms with van der Waals surface area (Å²) in [6.07, 6.45) is 6.86. The Labute approximate surface area is 123 Å². The molecule has 0 radical (unpaired) electrons. The van der Waals surface area contributed by atoms with Crippen LogP contribution in [0.25, 0.3) is 0 Å². The molecule has 1 aliphatic rings. The Hall–Kier alpha value is -1.33. The maximum atomic E-state index is 9.27. The lowest BCUT2D eigenvalue weighted by Gasteiger charge is -2.26. The number of nitrogens with one attached hydrogen (secondary N) is 1. The highest BCUT2D eigenvalue weighted by Crippen LogP contribution is 2.30. The fourth-order valence-corrected chi connectivity index (χ4v) is 3.30. The summed E-state index contributed by atoms with van der Waals surface area (Å²) in [5, 5.41) is 12.7. The highest BCUT2D eigenvalue weighted by Gasteiger charge is 2.18. The van der Waals surface area contributed by atoms with E-state index in [2.05, 4.69) is 18.3 Å². The Balaban J connectivity index is 1.68. The predicted molar refractivity (Wildman–Crippen MR) is 83.4 cm³/mol. The average molecular weight is 270 g/mol. The number of nitrogens with zero attached hydrogens (tertiary/aromatic N) is 1. The van der Waals surface area contributed by atoms with Gasteiger partial charge in [-0.25, -0.2) is 0 Å². The molecular formula is C18H26N2. The Morgan fingerprint density at radius 2 is 2.10 bits per heavy atom. The van der Waals surface area contributed by atoms with Crippen LogP contribution in [0, 0.1) is 23.2 Å². The number of hydrogen-bond acceptors (Lipinski definition) is 2. The van der Waals surface area contributed by atoms with Crippen molar-refractivity contribution in [3.05, 3.63) is 35.9 Å². The lowest BCUT2D eigenvalue weighted by molar-refractivity contribution is 0.267. The van der Waals surface area contributed by atoms with E-state index in [0.717, 1.165) is 30.5 Å². The summed E-state index contributed by atoms with van der Waals surface area (Å²) in [5.41, 5.74) is 1.12. The molecule has 0 bridgehead atoms. The van der Waals surface area contributed by atoms with Gasteiger partial charge in [0.2, 0.25) is 0 Å². The van der Waals surface area contributed by atoms with E-state index in [1.54, 1.807) is 0 Å². The van der Waals surface area contributed by atoms with E-state index >= 15 is 0 Å². The molecule has 0 saturated heterocycles. The van der Waals surface area contributed by atoms with Crippen molar-refractivity contribution in [1.29, 1.82) is 5.26 Å². The van der Waals surface area contributed by atoms with Gasteiger partial charge in [-0.1, -0.05) is 56.5 Å². The van der Waals surface area contributed by atoms with Crippen molar-refractivity contribution in [2.75, 3.05) is 13.1 Å². The molecule has 3 unspecified atom stereocenters. The molecule has 2 rings (SSSR count). The molecule has 1 N–H and O–H groups in total. The molecule has 0 heterocycles. The summed E-state index contributed by atoms with van der Waals surface area (Å²) in [7, 11) is 0. The van der Waals surface area contributed by atoms with Gasteiger partial charge in [0.15, 0.2) is 0 Å². The summed E-state index contributed by atoms with van der Waals surface area (Å²) >= 11 is 0. The minimum atomic E-state index is -0.0264. The van der Waals surface area contributed by atoms with Crippen LogP contribution in [0.5, 0.6) is 0 Å². The second kappa shape index (κ2) is 8.07. The largest absolute Gasteiger partial charge is 0.315 e. The van der Waals surface area contributed by atoms with Gasteiger partial charge in [0, 0.05) is 6.54 Å². The standard InChI is InChI=1S/C18H26N2/c1-15-6-5-7-16(12-15)10-11-20-14-18(13-19)17-8-3-2-4-9-17/h2-4,8-9,15-16,18,20H,5-7,10-12,14H2,1H3. The maximum Gasteiger partial charge on any atom is 0.0837 e. The zero-order valence-corrected chi connectivity index (χ0v) is 12.5. The summed E-state index contributed by atoms with van der Waals surface area (Å²) in [5.74, 6) is 1.77. The Bertz CT molecular complexity index is 421. The summed E-state index contributed by atoms with van der Waals surface area (Å²) in [6.45, 7) is 4.19. The van der Waals surface area contributed by atoms with Crippen LogP contribution >= 0.6 is 0 Å². The molecule has 0 aliphatic heterocycles. The number of hydrogen-bond donors (Lipinski definition) is 1. The lowest BCUT2D eigenvalue weighted by Crippen LogP contribution is -2.25. The summed E-state index contributed by atoms with van der Waals surface area (Å²) in [6, 6.07) is 12.5. The zero-order valence-electron chi connectivity index (χ0n) is 12.5. The Morgan fingerprint density at radius 1 is 1.30 bits per heavy atom. The number of nitriles is 1. The van der Waals surface area contributed by atoms with Crippen LogP contribution in [0.3, 0.4) is 0 Å². The van der Waals surface area contributed by atoms with Crippen molar-refractivity contribution in [1.82, 2.24) is 5.32 Å². The third-order valence-electron chi connectivity index (χ3n) is 4.48. The molecule has 0 aromatic heterocycles. The van der Waals surface area contributed by atoms with Crippen molar-refractivity contribution < 1.29 is 0 Å². The van der Waals surface area contributed by atoms with E-state index in [4.69, 9.17) is 0 Å². The normalized spacial score (nSPS) is 24.0. The molecule has 108 valence electrons. The molecule has 0 spiro atoms. The van der Waals surface area contributed by atoms with Gasteiger partial charge in [-0.15, -0.1) is 0 Å². The summed E-state index contributed by atoms with van der Waals surface area (Å²) < 4.78 is 0. The topological polar surface area (TPSA) is 35.8 Å². The molecule has 0 amide bonds. The van der Waals surface area contributed by atoms with Crippen molar-refractivity contribution in [3.63, 3.8) is 0 Å². The van der Waals surface area contributed by atoms with Crippen LogP contribution in [-0.2, 0) is 0 Å². The molecule has 1 aromatic rings. The third kappa shape index (κ3) is 4.65. The van der Waals surface area contributed by atoms with Gasteiger partial charge in [0.25, 0.3) is 0 Å². The van der Waals surface area contributed by atoms with Crippen LogP contribution in [0.15, 0.2) is 30.3 Å². The summed E-state index contributed by atoms with van der Waals surface area (Å²) in [4.78, 5) is 0. The van der Waals surface area contributed by atoms with Crippen molar-refractivity contribution in [2.45, 2.75) is 44.9 Å². The monoisotopic (exact) mass is 270 g/mol. The van der Waals surface area contributed by atoms with Gasteiger partial charge in [-0.3, -0.25) is 0 Å². The highest BCUT2D eigenvalue weighted by atomic mass is 14.9. The van der Waals surface area contributed by atoms with Gasteiger partial charge < -0.3 is 5.32 Å². The first-order valence-corrected chi connectivity index (χ1v) is 7.95. The van der Waals surface area contributed by atoms with E-state index in [1.165, 1.54) is 32.1 Å². The minimum Gasteiger partial charge on any atom is -0.315 e. The van der Waals surface area contributed by atoms with E-state index in [1.807, 2.05) is 30.3 Å². The van der Waals surface area contributed by atoms with E-state index < -0.39 is 0 Å². The smallest absolute Gasteiger partial charge is 0.0837 e. The van der Waals surface area contributed by atoms with Crippen LogP contribution in [0.1, 0.15) is 50.5 Å². The second-order valence-electron chi connectivity index (χ2n) is 6.22. The van der Waals surface area contributed by atoms with E-state index in [9.17, 15) is 5.26 Å². The quantitative estimate of drug-likeness (QED) is 0.790. The van der Waals surface area contributed by atoms with Gasteiger partial charge in [-0.2, -0.15) is 5.26 Å². The Morgan fingerprint density at radius 3 is 2.80 bits per heavy atom. The third-order valence-corrected chi connectivity index (χ3v) is 4.48.